The van der Waals surface area contributed by atoms with E-state index in [1.807, 2.05) is 18.2 Å². The summed E-state index contributed by atoms with van der Waals surface area (Å²) in [4.78, 5) is 26.4. The number of ether oxygens (including phenoxy) is 2. The quantitative estimate of drug-likeness (QED) is 0.180. The average molecular weight is 639 g/mol. The molecule has 1 amide bonds. The number of para-hydroxylation sites is 1. The SMILES string of the molecule is CC(C)(CCC=C(C#N)C(=O)N1CCCC1Cn1nc(-c2ccc(Oc3ccccc3)cc2F)c2c(N)ncnc21)N1CCOCC1. The predicted molar refractivity (Wildman–Crippen MR) is 176 cm³/mol. The van der Waals surface area contributed by atoms with Gasteiger partial charge in [-0.3, -0.25) is 9.69 Å². The number of likely N-dealkylation sites (tertiary alicyclic amines) is 1. The molecule has 0 bridgehead atoms. The molecule has 244 valence electrons. The predicted octanol–water partition coefficient (Wildman–Crippen LogP) is 5.34. The summed E-state index contributed by atoms with van der Waals surface area (Å²) in [6.07, 6.45) is 6.06. The Labute approximate surface area is 273 Å². The van der Waals surface area contributed by atoms with Gasteiger partial charge in [0.2, 0.25) is 0 Å². The minimum absolute atomic E-state index is 0.0721. The lowest BCUT2D eigenvalue weighted by Crippen LogP contribution is -2.49. The van der Waals surface area contributed by atoms with Crippen LogP contribution in [0.15, 0.2) is 66.5 Å². The Morgan fingerprint density at radius 1 is 1.15 bits per heavy atom. The van der Waals surface area contributed by atoms with E-state index in [9.17, 15) is 10.1 Å². The van der Waals surface area contributed by atoms with Crippen molar-refractivity contribution in [3.63, 3.8) is 0 Å². The second kappa shape index (κ2) is 13.9. The van der Waals surface area contributed by atoms with Crippen molar-refractivity contribution in [2.45, 2.75) is 57.7 Å². The highest BCUT2D eigenvalue weighted by atomic mass is 19.1. The number of morpholine rings is 1. The number of halogens is 1. The van der Waals surface area contributed by atoms with E-state index in [-0.39, 0.29) is 34.4 Å². The highest BCUT2D eigenvalue weighted by molar-refractivity contribution is 5.99. The number of fused-ring (bicyclic) bond motifs is 1. The molecule has 6 rings (SSSR count). The minimum atomic E-state index is -0.536. The van der Waals surface area contributed by atoms with Crippen LogP contribution >= 0.6 is 0 Å². The summed E-state index contributed by atoms with van der Waals surface area (Å²) in [6.45, 7) is 8.39. The Hall–Kier alpha value is -4.86. The third-order valence-electron chi connectivity index (χ3n) is 9.08. The van der Waals surface area contributed by atoms with Crippen LogP contribution in [-0.2, 0) is 16.1 Å². The Balaban J connectivity index is 1.21. The molecule has 2 aliphatic heterocycles. The van der Waals surface area contributed by atoms with Crippen molar-refractivity contribution in [2.24, 2.45) is 0 Å². The second-order valence-corrected chi connectivity index (χ2v) is 12.5. The lowest BCUT2D eigenvalue weighted by molar-refractivity contribution is -0.127. The van der Waals surface area contributed by atoms with E-state index < -0.39 is 5.82 Å². The van der Waals surface area contributed by atoms with Crippen molar-refractivity contribution in [1.29, 1.82) is 5.26 Å². The molecule has 1 atom stereocenters. The maximum absolute atomic E-state index is 15.6. The molecule has 4 aromatic rings. The summed E-state index contributed by atoms with van der Waals surface area (Å²) in [5.41, 5.74) is 7.33. The van der Waals surface area contributed by atoms with E-state index in [1.165, 1.54) is 12.4 Å². The van der Waals surface area contributed by atoms with E-state index in [4.69, 9.17) is 20.3 Å². The van der Waals surface area contributed by atoms with Crippen LogP contribution in [0.2, 0.25) is 0 Å². The smallest absolute Gasteiger partial charge is 0.264 e. The lowest BCUT2D eigenvalue weighted by Gasteiger charge is -2.40. The monoisotopic (exact) mass is 638 g/mol. The first-order valence-corrected chi connectivity index (χ1v) is 16.0. The van der Waals surface area contributed by atoms with Gasteiger partial charge in [0.25, 0.3) is 5.91 Å². The Kier molecular flexibility index (Phi) is 9.47. The molecule has 2 N–H and O–H groups in total. The summed E-state index contributed by atoms with van der Waals surface area (Å²) < 4.78 is 28.5. The highest BCUT2D eigenvalue weighted by Gasteiger charge is 2.33. The van der Waals surface area contributed by atoms with Crippen LogP contribution in [0.25, 0.3) is 22.3 Å². The number of hydrogen-bond acceptors (Lipinski definition) is 9. The molecule has 2 fully saturated rings. The van der Waals surface area contributed by atoms with Crippen molar-refractivity contribution in [2.75, 3.05) is 38.6 Å². The molecule has 2 aromatic heterocycles. The maximum atomic E-state index is 15.6. The normalized spacial score (nSPS) is 17.6. The summed E-state index contributed by atoms with van der Waals surface area (Å²) in [7, 11) is 0. The largest absolute Gasteiger partial charge is 0.457 e. The van der Waals surface area contributed by atoms with Gasteiger partial charge in [-0.25, -0.2) is 19.0 Å². The van der Waals surface area contributed by atoms with Gasteiger partial charge < -0.3 is 20.1 Å². The number of amides is 1. The fraction of sp³-hybridized carbons (Fsp3) is 0.400. The van der Waals surface area contributed by atoms with Crippen molar-refractivity contribution in [3.05, 3.63) is 72.3 Å². The number of carbonyl (C=O) groups is 1. The van der Waals surface area contributed by atoms with E-state index in [2.05, 4.69) is 34.8 Å². The molecular formula is C35H39FN8O3. The Morgan fingerprint density at radius 3 is 2.68 bits per heavy atom. The van der Waals surface area contributed by atoms with Crippen molar-refractivity contribution in [3.8, 4) is 28.8 Å². The van der Waals surface area contributed by atoms with Gasteiger partial charge in [0.05, 0.1) is 31.2 Å². The van der Waals surface area contributed by atoms with Crippen LogP contribution in [0.3, 0.4) is 0 Å². The van der Waals surface area contributed by atoms with Crippen LogP contribution in [-0.4, -0.2) is 79.9 Å². The summed E-state index contributed by atoms with van der Waals surface area (Å²) in [6, 6.07) is 15.6. The average Bonchev–Trinajstić information content (AvgIpc) is 3.69. The number of carbonyl (C=O) groups excluding carboxylic acids is 1. The van der Waals surface area contributed by atoms with Crippen LogP contribution in [0.5, 0.6) is 11.5 Å². The third kappa shape index (κ3) is 6.96. The first-order valence-electron chi connectivity index (χ1n) is 16.0. The van der Waals surface area contributed by atoms with Gasteiger partial charge in [0.1, 0.15) is 46.8 Å². The van der Waals surface area contributed by atoms with E-state index >= 15 is 4.39 Å². The zero-order valence-corrected chi connectivity index (χ0v) is 26.7. The number of anilines is 1. The number of aromatic nitrogens is 4. The second-order valence-electron chi connectivity index (χ2n) is 12.5. The maximum Gasteiger partial charge on any atom is 0.264 e. The molecule has 12 heteroatoms. The zero-order valence-electron chi connectivity index (χ0n) is 26.7. The lowest BCUT2D eigenvalue weighted by atomic mass is 9.94. The third-order valence-corrected chi connectivity index (χ3v) is 9.08. The van der Waals surface area contributed by atoms with Crippen LogP contribution in [0, 0.1) is 17.1 Å². The van der Waals surface area contributed by atoms with Crippen molar-refractivity contribution in [1.82, 2.24) is 29.5 Å². The minimum Gasteiger partial charge on any atom is -0.457 e. The number of nitrogens with two attached hydrogens (primary N) is 1. The number of rotatable bonds is 10. The topological polar surface area (TPSA) is 135 Å². The van der Waals surface area contributed by atoms with Crippen LogP contribution in [0.1, 0.15) is 39.5 Å². The van der Waals surface area contributed by atoms with Crippen LogP contribution in [0.4, 0.5) is 10.2 Å². The molecule has 0 radical (unpaired) electrons. The molecule has 4 heterocycles. The van der Waals surface area contributed by atoms with Gasteiger partial charge in [-0.2, -0.15) is 10.4 Å². The first-order chi connectivity index (χ1) is 22.7. The van der Waals surface area contributed by atoms with E-state index in [0.717, 1.165) is 32.4 Å². The molecule has 11 nitrogen and oxygen atoms in total. The summed E-state index contributed by atoms with van der Waals surface area (Å²) in [5.74, 6) is 0.288. The first kappa shape index (κ1) is 32.1. The van der Waals surface area contributed by atoms with Gasteiger partial charge >= 0.3 is 0 Å². The number of benzene rings is 2. The fourth-order valence-electron chi connectivity index (χ4n) is 6.45. The van der Waals surface area contributed by atoms with Gasteiger partial charge in [0, 0.05) is 36.8 Å². The van der Waals surface area contributed by atoms with Crippen molar-refractivity contribution >= 4 is 22.8 Å². The van der Waals surface area contributed by atoms with Gasteiger partial charge in [0.15, 0.2) is 5.65 Å². The Morgan fingerprint density at radius 2 is 1.94 bits per heavy atom. The fourth-order valence-corrected chi connectivity index (χ4v) is 6.45. The standard InChI is InChI=1S/C35H39FN8O3/c1-35(2,42-16-18-46-19-17-42)14-6-8-24(21-37)34(45)43-15-7-9-25(43)22-44-33-30(32(38)39-23-40-33)31(41-44)28-13-12-27(20-29(28)36)47-26-10-4-3-5-11-26/h3-5,8,10-13,20,23,25H,6-7,9,14-19,22H2,1-2H3,(H2,38,39,40). The molecule has 2 saturated heterocycles. The van der Waals surface area contributed by atoms with Crippen molar-refractivity contribution < 1.29 is 18.7 Å². The van der Waals surface area contributed by atoms with Gasteiger partial charge in [-0.05, 0) is 63.8 Å². The molecule has 0 aliphatic carbocycles. The number of nitriles is 1. The Bertz CT molecular complexity index is 1810. The molecule has 0 saturated carbocycles. The molecule has 2 aromatic carbocycles. The summed E-state index contributed by atoms with van der Waals surface area (Å²) in [5, 5.41) is 15.1. The number of nitrogens with zero attached hydrogens (tertiary/aromatic N) is 7. The molecule has 0 spiro atoms. The number of hydrogen-bond donors (Lipinski definition) is 1. The van der Waals surface area contributed by atoms with E-state index in [0.29, 0.717) is 61.0 Å². The highest BCUT2D eigenvalue weighted by Crippen LogP contribution is 2.35. The molecule has 1 unspecified atom stereocenters. The number of allylic oxidation sites excluding steroid dienone is 1. The zero-order chi connectivity index (χ0) is 33.0. The van der Waals surface area contributed by atoms with E-state index in [1.54, 1.807) is 39.9 Å². The van der Waals surface area contributed by atoms with Gasteiger partial charge in [-0.1, -0.05) is 24.3 Å². The molecular weight excluding hydrogens is 599 g/mol. The number of nitrogen functional groups attached to an aromatic ring is 1. The molecule has 2 aliphatic rings. The van der Waals surface area contributed by atoms with Gasteiger partial charge in [-0.15, -0.1) is 0 Å². The summed E-state index contributed by atoms with van der Waals surface area (Å²) >= 11 is 0. The van der Waals surface area contributed by atoms with Crippen LogP contribution < -0.4 is 10.5 Å². The molecule has 47 heavy (non-hydrogen) atoms.